The van der Waals surface area contributed by atoms with Crippen molar-refractivity contribution in [2.45, 2.75) is 57.8 Å². The zero-order valence-electron chi connectivity index (χ0n) is 32.4. The number of aryl methyl sites for hydroxylation is 2. The van der Waals surface area contributed by atoms with Gasteiger partial charge in [0.25, 0.3) is 0 Å². The van der Waals surface area contributed by atoms with Crippen molar-refractivity contribution in [1.82, 2.24) is 4.98 Å². The van der Waals surface area contributed by atoms with Gasteiger partial charge in [-0.2, -0.15) is 0 Å². The molecule has 0 spiro atoms. The molecule has 2 heterocycles. The summed E-state index contributed by atoms with van der Waals surface area (Å²) < 4.78 is 6.50. The molecule has 0 amide bonds. The summed E-state index contributed by atoms with van der Waals surface area (Å²) in [7, 11) is 0. The van der Waals surface area contributed by atoms with Crippen LogP contribution in [0.4, 0.5) is 0 Å². The number of hydrogen-bond acceptors (Lipinski definition) is 2. The molecule has 0 aliphatic heterocycles. The largest absolute Gasteiger partial charge is 0.455 e. The number of para-hydroxylation sites is 2. The van der Waals surface area contributed by atoms with E-state index in [9.17, 15) is 0 Å². The van der Waals surface area contributed by atoms with Gasteiger partial charge in [0.2, 0.25) is 0 Å². The number of fused-ring (bicyclic) bond motifs is 7. The first-order valence-electron chi connectivity index (χ1n) is 20.2. The molecule has 1 aliphatic carbocycles. The minimum absolute atomic E-state index is 0. The standard InChI is InChI=1S/C54H44NO.Ir/c1-54(2)48-26-12-10-22-42(48)43-30-28-40(34-49(43)54)51-35-46(38-21-14-20-37(32-38)19-7-4-3-6-16-36-17-8-5-9-18-36)47-33-39(29-31-50(47)55-51)41-24-15-25-45-44-23-11-13-27-52(44)56-53(41)45;/h5,8-15,17-18,20-27,29-35H,3-4,6-7,16,19H2,1-2H3;/q-1;. The number of furan rings is 1. The third-order valence-electron chi connectivity index (χ3n) is 12.1. The average Bonchev–Trinajstić information content (AvgIpc) is 3.74. The molecule has 1 radical (unpaired) electrons. The summed E-state index contributed by atoms with van der Waals surface area (Å²) in [5, 5.41) is 3.41. The van der Waals surface area contributed by atoms with Crippen LogP contribution in [0.15, 0.2) is 162 Å². The van der Waals surface area contributed by atoms with Gasteiger partial charge in [0.15, 0.2) is 0 Å². The third kappa shape index (κ3) is 6.84. The zero-order valence-corrected chi connectivity index (χ0v) is 34.8. The predicted octanol–water partition coefficient (Wildman–Crippen LogP) is 14.6. The van der Waals surface area contributed by atoms with Crippen molar-refractivity contribution in [3.8, 4) is 44.6 Å². The van der Waals surface area contributed by atoms with Gasteiger partial charge in [-0.3, -0.25) is 4.98 Å². The molecular weight excluding hydrogens is 871 g/mol. The number of hydrogen-bond donors (Lipinski definition) is 0. The minimum atomic E-state index is -0.0993. The Morgan fingerprint density at radius 2 is 1.23 bits per heavy atom. The van der Waals surface area contributed by atoms with Gasteiger partial charge in [-0.15, -0.1) is 29.3 Å². The fraction of sp³-hybridized carbons (Fsp3) is 0.167. The van der Waals surface area contributed by atoms with Crippen molar-refractivity contribution in [3.63, 3.8) is 0 Å². The van der Waals surface area contributed by atoms with Crippen LogP contribution in [0, 0.1) is 6.07 Å². The summed E-state index contributed by atoms with van der Waals surface area (Å²) in [4.78, 5) is 5.35. The van der Waals surface area contributed by atoms with Crippen LogP contribution in [-0.4, -0.2) is 4.98 Å². The van der Waals surface area contributed by atoms with Crippen LogP contribution in [0.25, 0.3) is 77.5 Å². The maximum Gasteiger partial charge on any atom is 0.143 e. The van der Waals surface area contributed by atoms with Crippen molar-refractivity contribution in [2.75, 3.05) is 0 Å². The van der Waals surface area contributed by atoms with Crippen LogP contribution in [0.2, 0.25) is 0 Å². The SMILES string of the molecule is CC1(C)c2ccccc2-c2c[c-]c(-c3cc(-c4cccc(CCCCCCc5ccccc5)c4)c4cc(-c5cccc6c5oc5ccccc56)ccc4n3)cc21.[Ir]. The van der Waals surface area contributed by atoms with E-state index < -0.39 is 0 Å². The number of aromatic nitrogens is 1. The van der Waals surface area contributed by atoms with Gasteiger partial charge in [0.1, 0.15) is 11.2 Å². The van der Waals surface area contributed by atoms with Crippen molar-refractivity contribution < 1.29 is 24.5 Å². The zero-order chi connectivity index (χ0) is 37.6. The van der Waals surface area contributed by atoms with E-state index in [4.69, 9.17) is 9.40 Å². The van der Waals surface area contributed by atoms with Crippen molar-refractivity contribution in [3.05, 3.63) is 186 Å². The maximum atomic E-state index is 6.50. The number of rotatable bonds is 10. The monoisotopic (exact) mass is 915 g/mol. The summed E-state index contributed by atoms with van der Waals surface area (Å²) in [5.74, 6) is 0. The van der Waals surface area contributed by atoms with E-state index in [2.05, 4.69) is 172 Å². The van der Waals surface area contributed by atoms with Crippen LogP contribution >= 0.6 is 0 Å². The molecule has 3 heteroatoms. The van der Waals surface area contributed by atoms with Gasteiger partial charge < -0.3 is 4.42 Å². The molecule has 57 heavy (non-hydrogen) atoms. The van der Waals surface area contributed by atoms with Gasteiger partial charge in [-0.05, 0) is 88.4 Å². The van der Waals surface area contributed by atoms with Crippen molar-refractivity contribution in [1.29, 1.82) is 0 Å². The second-order valence-corrected chi connectivity index (χ2v) is 16.0. The molecular formula is C54H44IrNO-. The third-order valence-corrected chi connectivity index (χ3v) is 12.1. The number of unbranched alkanes of at least 4 members (excludes halogenated alkanes) is 3. The second-order valence-electron chi connectivity index (χ2n) is 16.0. The summed E-state index contributed by atoms with van der Waals surface area (Å²) in [6.07, 6.45) is 7.16. The Kier molecular flexibility index (Phi) is 9.99. The van der Waals surface area contributed by atoms with Crippen molar-refractivity contribution in [2.24, 2.45) is 0 Å². The van der Waals surface area contributed by atoms with Crippen LogP contribution in [0.1, 0.15) is 61.8 Å². The number of pyridine rings is 1. The van der Waals surface area contributed by atoms with Gasteiger partial charge >= 0.3 is 0 Å². The molecule has 0 unspecified atom stereocenters. The fourth-order valence-electron chi connectivity index (χ4n) is 9.08. The van der Waals surface area contributed by atoms with Crippen LogP contribution in [0.3, 0.4) is 0 Å². The van der Waals surface area contributed by atoms with Crippen molar-refractivity contribution >= 4 is 32.8 Å². The normalized spacial score (nSPS) is 12.8. The molecule has 281 valence electrons. The first kappa shape index (κ1) is 37.0. The second kappa shape index (κ2) is 15.4. The Balaban J connectivity index is 0.00000422. The first-order chi connectivity index (χ1) is 27.5. The van der Waals surface area contributed by atoms with E-state index >= 15 is 0 Å². The van der Waals surface area contributed by atoms with Gasteiger partial charge in [-0.25, -0.2) is 0 Å². The smallest absolute Gasteiger partial charge is 0.143 e. The van der Waals surface area contributed by atoms with E-state index in [0.717, 1.165) is 68.1 Å². The van der Waals surface area contributed by atoms with E-state index in [1.54, 1.807) is 0 Å². The van der Waals surface area contributed by atoms with E-state index in [0.29, 0.717) is 0 Å². The molecule has 0 bridgehead atoms. The molecule has 1 aliphatic rings. The Labute approximate surface area is 349 Å². The summed E-state index contributed by atoms with van der Waals surface area (Å²) in [5.41, 5.74) is 17.4. The predicted molar refractivity (Wildman–Crippen MR) is 234 cm³/mol. The Hall–Kier alpha value is -5.60. The van der Waals surface area contributed by atoms with E-state index in [-0.39, 0.29) is 25.5 Å². The molecule has 10 rings (SSSR count). The molecule has 0 saturated carbocycles. The molecule has 2 aromatic heterocycles. The summed E-state index contributed by atoms with van der Waals surface area (Å²) >= 11 is 0. The summed E-state index contributed by atoms with van der Waals surface area (Å²) in [6.45, 7) is 4.67. The first-order valence-corrected chi connectivity index (χ1v) is 20.2. The Bertz CT molecular complexity index is 2900. The minimum Gasteiger partial charge on any atom is -0.455 e. The average molecular weight is 915 g/mol. The molecule has 0 saturated heterocycles. The van der Waals surface area contributed by atoms with E-state index in [1.807, 2.05) is 6.07 Å². The fourth-order valence-corrected chi connectivity index (χ4v) is 9.08. The molecule has 0 N–H and O–H groups in total. The maximum absolute atomic E-state index is 6.50. The van der Waals surface area contributed by atoms with Gasteiger partial charge in [-0.1, -0.05) is 165 Å². The molecule has 2 nitrogen and oxygen atoms in total. The Morgan fingerprint density at radius 1 is 0.526 bits per heavy atom. The van der Waals surface area contributed by atoms with Crippen LogP contribution < -0.4 is 0 Å². The topological polar surface area (TPSA) is 26.0 Å². The van der Waals surface area contributed by atoms with Crippen LogP contribution in [0.5, 0.6) is 0 Å². The number of nitrogens with zero attached hydrogens (tertiary/aromatic N) is 1. The molecule has 7 aromatic carbocycles. The molecule has 9 aromatic rings. The van der Waals surface area contributed by atoms with E-state index in [1.165, 1.54) is 70.2 Å². The van der Waals surface area contributed by atoms with Crippen LogP contribution in [-0.2, 0) is 38.4 Å². The molecule has 0 fully saturated rings. The number of benzene rings is 7. The Morgan fingerprint density at radius 3 is 2.11 bits per heavy atom. The van der Waals surface area contributed by atoms with Gasteiger partial charge in [0, 0.05) is 41.8 Å². The molecule has 0 atom stereocenters. The quantitative estimate of drug-likeness (QED) is 0.101. The summed E-state index contributed by atoms with van der Waals surface area (Å²) in [6, 6.07) is 60.8. The van der Waals surface area contributed by atoms with Gasteiger partial charge in [0.05, 0.1) is 5.52 Å².